The van der Waals surface area contributed by atoms with Crippen molar-refractivity contribution in [2.75, 3.05) is 13.2 Å². The molecule has 5 heteroatoms. The Balaban J connectivity index is 2.56. The lowest BCUT2D eigenvalue weighted by molar-refractivity contribution is -0.119. The van der Waals surface area contributed by atoms with E-state index in [1.807, 2.05) is 0 Å². The molecule has 0 bridgehead atoms. The van der Waals surface area contributed by atoms with Gasteiger partial charge in [-0.25, -0.2) is 8.78 Å². The zero-order valence-electron chi connectivity index (χ0n) is 10.0. The molecule has 0 fully saturated rings. The second-order valence-electron chi connectivity index (χ2n) is 3.74. The summed E-state index contributed by atoms with van der Waals surface area (Å²) in [5.74, 6) is -2.56. The molecule has 1 aromatic rings. The predicted molar refractivity (Wildman–Crippen MR) is 61.4 cm³/mol. The summed E-state index contributed by atoms with van der Waals surface area (Å²) in [4.78, 5) is 23.0. The van der Waals surface area contributed by atoms with Gasteiger partial charge in [-0.2, -0.15) is 0 Å². The molecule has 0 amide bonds. The van der Waals surface area contributed by atoms with Crippen LogP contribution in [0.2, 0.25) is 0 Å². The van der Waals surface area contributed by atoms with Crippen LogP contribution in [0, 0.1) is 11.6 Å². The molecule has 1 aromatic carbocycles. The Bertz CT molecular complexity index is 424. The Morgan fingerprint density at radius 1 is 1.17 bits per heavy atom. The molecule has 0 atom stereocenters. The van der Waals surface area contributed by atoms with Gasteiger partial charge in [0, 0.05) is 24.7 Å². The molecule has 0 saturated carbocycles. The predicted octanol–water partition coefficient (Wildman–Crippen LogP) is 2.53. The fourth-order valence-corrected chi connectivity index (χ4v) is 1.41. The minimum atomic E-state index is -0.833. The molecule has 0 aromatic heterocycles. The van der Waals surface area contributed by atoms with E-state index in [4.69, 9.17) is 4.74 Å². The Morgan fingerprint density at radius 3 is 2.33 bits per heavy atom. The molecule has 0 spiro atoms. The Kier molecular flexibility index (Phi) is 5.58. The number of carbonyl (C=O) groups excluding carboxylic acids is 2. The molecule has 0 N–H and O–H groups in total. The van der Waals surface area contributed by atoms with Crippen molar-refractivity contribution in [1.82, 2.24) is 0 Å². The van der Waals surface area contributed by atoms with Gasteiger partial charge in [0.15, 0.2) is 5.78 Å². The van der Waals surface area contributed by atoms with E-state index in [1.165, 1.54) is 0 Å². The van der Waals surface area contributed by atoms with Gasteiger partial charge in [0.25, 0.3) is 0 Å². The molecule has 1 rings (SSSR count). The fraction of sp³-hybridized carbons (Fsp3) is 0.385. The summed E-state index contributed by atoms with van der Waals surface area (Å²) in [5, 5.41) is 0. The lowest BCUT2D eigenvalue weighted by atomic mass is 10.0. The van der Waals surface area contributed by atoms with Crippen LogP contribution in [0.3, 0.4) is 0 Å². The summed E-state index contributed by atoms with van der Waals surface area (Å²) >= 11 is 0. The van der Waals surface area contributed by atoms with Gasteiger partial charge in [-0.15, -0.1) is 0 Å². The third kappa shape index (κ3) is 4.71. The lowest BCUT2D eigenvalue weighted by Crippen LogP contribution is -2.11. The second kappa shape index (κ2) is 6.96. The van der Waals surface area contributed by atoms with Gasteiger partial charge in [-0.3, -0.25) is 9.59 Å². The molecule has 0 aliphatic carbocycles. The van der Waals surface area contributed by atoms with Gasteiger partial charge in [0.1, 0.15) is 17.4 Å². The van der Waals surface area contributed by atoms with Gasteiger partial charge in [-0.1, -0.05) is 0 Å². The van der Waals surface area contributed by atoms with Gasteiger partial charge in [0.05, 0.1) is 13.0 Å². The average molecular weight is 256 g/mol. The van der Waals surface area contributed by atoms with Crippen molar-refractivity contribution in [3.05, 3.63) is 35.4 Å². The Labute approximate surface area is 104 Å². The van der Waals surface area contributed by atoms with Crippen LogP contribution in [-0.4, -0.2) is 24.8 Å². The number of hydrogen-bond acceptors (Lipinski definition) is 3. The normalized spacial score (nSPS) is 10.4. The summed E-state index contributed by atoms with van der Waals surface area (Å²) in [6.07, 6.45) is -0.243. The third-order valence-corrected chi connectivity index (χ3v) is 2.27. The first kappa shape index (κ1) is 14.4. The summed E-state index contributed by atoms with van der Waals surface area (Å²) in [7, 11) is 0. The van der Waals surface area contributed by atoms with Crippen LogP contribution in [0.1, 0.15) is 30.1 Å². The maximum Gasteiger partial charge on any atom is 0.170 e. The quantitative estimate of drug-likeness (QED) is 0.428. The van der Waals surface area contributed by atoms with E-state index < -0.39 is 17.4 Å². The summed E-state index contributed by atoms with van der Waals surface area (Å²) < 4.78 is 30.7. The monoisotopic (exact) mass is 256 g/mol. The lowest BCUT2D eigenvalue weighted by Gasteiger charge is -2.02. The maximum absolute atomic E-state index is 12.9. The van der Waals surface area contributed by atoms with Crippen LogP contribution in [0.4, 0.5) is 8.78 Å². The minimum Gasteiger partial charge on any atom is -0.381 e. The van der Waals surface area contributed by atoms with E-state index in [-0.39, 0.29) is 30.8 Å². The van der Waals surface area contributed by atoms with Crippen molar-refractivity contribution in [3.8, 4) is 0 Å². The van der Waals surface area contributed by atoms with Crippen molar-refractivity contribution in [2.45, 2.75) is 19.8 Å². The van der Waals surface area contributed by atoms with Crippen LogP contribution in [0.15, 0.2) is 18.2 Å². The highest BCUT2D eigenvalue weighted by Gasteiger charge is 2.13. The minimum absolute atomic E-state index is 0.122. The number of carbonyl (C=O) groups is 2. The highest BCUT2D eigenvalue weighted by molar-refractivity contribution is 6.07. The van der Waals surface area contributed by atoms with Crippen molar-refractivity contribution in [3.63, 3.8) is 0 Å². The molecule has 0 saturated heterocycles. The molecule has 0 aliphatic heterocycles. The standard InChI is InChI=1S/C13H14F2O3/c1-2-18-4-3-12(16)8-13(17)9-5-10(14)7-11(15)6-9/h5-7H,2-4,8H2,1H3. The molecule has 0 unspecified atom stereocenters. The first-order chi connectivity index (χ1) is 8.52. The molecule has 18 heavy (non-hydrogen) atoms. The first-order valence-corrected chi connectivity index (χ1v) is 5.61. The largest absolute Gasteiger partial charge is 0.381 e. The number of hydrogen-bond donors (Lipinski definition) is 0. The first-order valence-electron chi connectivity index (χ1n) is 5.61. The van der Waals surface area contributed by atoms with E-state index in [2.05, 4.69) is 0 Å². The Hall–Kier alpha value is -1.62. The highest BCUT2D eigenvalue weighted by atomic mass is 19.1. The number of ketones is 2. The molecule has 0 heterocycles. The molecular weight excluding hydrogens is 242 g/mol. The zero-order chi connectivity index (χ0) is 13.5. The topological polar surface area (TPSA) is 43.4 Å². The van der Waals surface area contributed by atoms with Crippen LogP contribution >= 0.6 is 0 Å². The van der Waals surface area contributed by atoms with E-state index in [0.29, 0.717) is 12.7 Å². The SMILES string of the molecule is CCOCCC(=O)CC(=O)c1cc(F)cc(F)c1. The van der Waals surface area contributed by atoms with E-state index in [9.17, 15) is 18.4 Å². The van der Waals surface area contributed by atoms with Crippen molar-refractivity contribution >= 4 is 11.6 Å². The number of rotatable bonds is 7. The zero-order valence-corrected chi connectivity index (χ0v) is 10.0. The number of ether oxygens (including phenoxy) is 1. The van der Waals surface area contributed by atoms with E-state index in [1.54, 1.807) is 6.92 Å². The molecular formula is C13H14F2O3. The summed E-state index contributed by atoms with van der Waals surface area (Å²) in [6.45, 7) is 2.54. The summed E-state index contributed by atoms with van der Waals surface area (Å²) in [6, 6.07) is 2.51. The number of benzene rings is 1. The van der Waals surface area contributed by atoms with Gasteiger partial charge < -0.3 is 4.74 Å². The van der Waals surface area contributed by atoms with Crippen LogP contribution in [0.25, 0.3) is 0 Å². The van der Waals surface area contributed by atoms with Crippen LogP contribution in [0.5, 0.6) is 0 Å². The third-order valence-electron chi connectivity index (χ3n) is 2.27. The van der Waals surface area contributed by atoms with Gasteiger partial charge in [-0.05, 0) is 19.1 Å². The molecule has 3 nitrogen and oxygen atoms in total. The Morgan fingerprint density at radius 2 is 1.78 bits per heavy atom. The van der Waals surface area contributed by atoms with Gasteiger partial charge in [0.2, 0.25) is 0 Å². The van der Waals surface area contributed by atoms with E-state index >= 15 is 0 Å². The number of Topliss-reactive ketones (excluding diaryl/α,β-unsaturated/α-hetero) is 2. The van der Waals surface area contributed by atoms with Crippen LogP contribution < -0.4 is 0 Å². The van der Waals surface area contributed by atoms with E-state index in [0.717, 1.165) is 12.1 Å². The molecule has 98 valence electrons. The summed E-state index contributed by atoms with van der Waals surface area (Å²) in [5.41, 5.74) is -0.128. The van der Waals surface area contributed by atoms with Crippen LogP contribution in [-0.2, 0) is 9.53 Å². The average Bonchev–Trinajstić information content (AvgIpc) is 2.28. The van der Waals surface area contributed by atoms with Crippen molar-refractivity contribution in [2.24, 2.45) is 0 Å². The smallest absolute Gasteiger partial charge is 0.170 e. The fourth-order valence-electron chi connectivity index (χ4n) is 1.41. The molecule has 0 radical (unpaired) electrons. The van der Waals surface area contributed by atoms with Crippen molar-refractivity contribution < 1.29 is 23.1 Å². The van der Waals surface area contributed by atoms with Gasteiger partial charge >= 0.3 is 0 Å². The maximum atomic E-state index is 12.9. The second-order valence-corrected chi connectivity index (χ2v) is 3.74. The number of halogens is 2. The molecule has 0 aliphatic rings. The van der Waals surface area contributed by atoms with Crippen molar-refractivity contribution in [1.29, 1.82) is 0 Å². The highest BCUT2D eigenvalue weighted by Crippen LogP contribution is 2.10.